The molecule has 0 bridgehead atoms. The van der Waals surface area contributed by atoms with Gasteiger partial charge in [0.25, 0.3) is 0 Å². The largest absolute Gasteiger partial charge is 0.461 e. The van der Waals surface area contributed by atoms with Crippen molar-refractivity contribution in [2.75, 3.05) is 32.0 Å². The van der Waals surface area contributed by atoms with Crippen molar-refractivity contribution in [2.45, 2.75) is 120 Å². The summed E-state index contributed by atoms with van der Waals surface area (Å²) in [6, 6.07) is 11.0. The predicted molar refractivity (Wildman–Crippen MR) is 184 cm³/mol. The Labute approximate surface area is 274 Å². The molecule has 1 aliphatic rings. The van der Waals surface area contributed by atoms with Gasteiger partial charge in [0.2, 0.25) is 5.91 Å². The van der Waals surface area contributed by atoms with Gasteiger partial charge in [-0.1, -0.05) is 113 Å². The van der Waals surface area contributed by atoms with Crippen LogP contribution in [0.5, 0.6) is 0 Å². The van der Waals surface area contributed by atoms with Crippen LogP contribution in [0.3, 0.4) is 0 Å². The average molecular weight is 652 g/mol. The monoisotopic (exact) mass is 651 g/mol. The van der Waals surface area contributed by atoms with Crippen molar-refractivity contribution in [3.63, 3.8) is 0 Å². The number of thioether (sulfide) groups is 1. The van der Waals surface area contributed by atoms with Gasteiger partial charge in [-0.15, -0.1) is 23.7 Å². The van der Waals surface area contributed by atoms with Crippen molar-refractivity contribution in [2.24, 2.45) is 0 Å². The normalized spacial score (nSPS) is 14.7. The standard InChI is InChI=1S/C34H53N3O3S2.ClH/c1-2-3-4-10-16-23-35-27-30-21-22-32(38)37(30)24-26-41-34-36-31(28-42-34)33(39)40-25-17-11-8-6-5-7-9-13-18-29-19-14-12-15-20-29;/h12,14-15,19-20,28,30,35H,2-11,13,16-18,21-27H2,1H3;1H/t30-;/m1./s1. The molecule has 0 unspecified atom stereocenters. The summed E-state index contributed by atoms with van der Waals surface area (Å²) in [6.07, 6.45) is 18.8. The molecule has 1 N–H and O–H groups in total. The summed E-state index contributed by atoms with van der Waals surface area (Å²) in [5.41, 5.74) is 1.84. The van der Waals surface area contributed by atoms with Crippen LogP contribution in [0.1, 0.15) is 119 Å². The summed E-state index contributed by atoms with van der Waals surface area (Å²) in [6.45, 7) is 5.34. The first-order chi connectivity index (χ1) is 20.7. The van der Waals surface area contributed by atoms with Crippen LogP contribution < -0.4 is 5.32 Å². The van der Waals surface area contributed by atoms with Gasteiger partial charge < -0.3 is 15.0 Å². The molecule has 1 atom stereocenters. The van der Waals surface area contributed by atoms with Crippen LogP contribution >= 0.6 is 35.5 Å². The lowest BCUT2D eigenvalue weighted by Gasteiger charge is -2.25. The Bertz CT molecular complexity index is 1010. The van der Waals surface area contributed by atoms with Gasteiger partial charge in [-0.2, -0.15) is 0 Å². The minimum atomic E-state index is -0.327. The zero-order valence-electron chi connectivity index (χ0n) is 26.2. The minimum absolute atomic E-state index is 0. The van der Waals surface area contributed by atoms with Gasteiger partial charge >= 0.3 is 5.97 Å². The molecular formula is C34H54ClN3O3S2. The highest BCUT2D eigenvalue weighted by Crippen LogP contribution is 2.25. The van der Waals surface area contributed by atoms with E-state index in [0.29, 0.717) is 24.8 Å². The second kappa shape index (κ2) is 23.7. The van der Waals surface area contributed by atoms with E-state index in [1.807, 2.05) is 4.90 Å². The molecule has 6 nitrogen and oxygen atoms in total. The molecule has 0 aliphatic carbocycles. The number of aryl methyl sites for hydroxylation is 1. The fraction of sp³-hybridized carbons (Fsp3) is 0.676. The topological polar surface area (TPSA) is 71.5 Å². The van der Waals surface area contributed by atoms with E-state index in [4.69, 9.17) is 4.74 Å². The second-order valence-electron chi connectivity index (χ2n) is 11.4. The van der Waals surface area contributed by atoms with Gasteiger partial charge in [-0.3, -0.25) is 4.79 Å². The molecule has 2 heterocycles. The average Bonchev–Trinajstić information content (AvgIpc) is 3.62. The first-order valence-electron chi connectivity index (χ1n) is 16.5. The van der Waals surface area contributed by atoms with Gasteiger partial charge in [-0.05, 0) is 44.2 Å². The SMILES string of the molecule is CCCCCCCNC[C@H]1CCC(=O)N1CCSc1nc(C(=O)OCCCCCCCCCCc2ccccc2)cs1.Cl. The molecule has 1 saturated heterocycles. The van der Waals surface area contributed by atoms with Gasteiger partial charge in [0.05, 0.1) is 6.61 Å². The maximum atomic E-state index is 12.4. The van der Waals surface area contributed by atoms with Gasteiger partial charge in [0.1, 0.15) is 0 Å². The number of carbonyl (C=O) groups excluding carboxylic acids is 2. The van der Waals surface area contributed by atoms with E-state index in [1.165, 1.54) is 94.0 Å². The van der Waals surface area contributed by atoms with Crippen LogP contribution in [0.2, 0.25) is 0 Å². The smallest absolute Gasteiger partial charge is 0.357 e. The van der Waals surface area contributed by atoms with Gasteiger partial charge in [-0.25, -0.2) is 9.78 Å². The van der Waals surface area contributed by atoms with E-state index < -0.39 is 0 Å². The minimum Gasteiger partial charge on any atom is -0.461 e. The fourth-order valence-electron chi connectivity index (χ4n) is 5.46. The third-order valence-electron chi connectivity index (χ3n) is 7.98. The molecule has 2 aromatic rings. The highest BCUT2D eigenvalue weighted by molar-refractivity contribution is 8.01. The van der Waals surface area contributed by atoms with Crippen molar-refractivity contribution in [1.82, 2.24) is 15.2 Å². The Hall–Kier alpha value is -1.61. The molecule has 0 radical (unpaired) electrons. The number of benzene rings is 1. The third-order valence-corrected chi connectivity index (χ3v) is 9.98. The predicted octanol–water partition coefficient (Wildman–Crippen LogP) is 8.73. The molecule has 9 heteroatoms. The van der Waals surface area contributed by atoms with E-state index >= 15 is 0 Å². The van der Waals surface area contributed by atoms with E-state index in [2.05, 4.69) is 47.6 Å². The Kier molecular flexibility index (Phi) is 20.7. The van der Waals surface area contributed by atoms with E-state index in [1.54, 1.807) is 17.1 Å². The van der Waals surface area contributed by atoms with Gasteiger partial charge in [0, 0.05) is 36.7 Å². The van der Waals surface area contributed by atoms with Crippen LogP contribution in [-0.2, 0) is 16.0 Å². The van der Waals surface area contributed by atoms with E-state index in [0.717, 1.165) is 49.0 Å². The number of hydrogen-bond acceptors (Lipinski definition) is 7. The molecule has 1 fully saturated rings. The van der Waals surface area contributed by atoms with E-state index in [9.17, 15) is 9.59 Å². The summed E-state index contributed by atoms with van der Waals surface area (Å²) in [5.74, 6) is 0.716. The van der Waals surface area contributed by atoms with Crippen molar-refractivity contribution >= 4 is 47.4 Å². The van der Waals surface area contributed by atoms with Crippen LogP contribution in [-0.4, -0.2) is 59.8 Å². The summed E-state index contributed by atoms with van der Waals surface area (Å²) >= 11 is 3.10. The Balaban J connectivity index is 0.00000645. The van der Waals surface area contributed by atoms with E-state index in [-0.39, 0.29) is 24.3 Å². The molecule has 0 saturated carbocycles. The Morgan fingerprint density at radius 1 is 1.00 bits per heavy atom. The maximum absolute atomic E-state index is 12.4. The van der Waals surface area contributed by atoms with Crippen LogP contribution in [0.4, 0.5) is 0 Å². The van der Waals surface area contributed by atoms with Crippen molar-refractivity contribution in [3.8, 4) is 0 Å². The summed E-state index contributed by atoms with van der Waals surface area (Å²) < 4.78 is 6.33. The Morgan fingerprint density at radius 3 is 2.47 bits per heavy atom. The molecule has 1 aromatic heterocycles. The number of unbranched alkanes of at least 4 members (excludes halogenated alkanes) is 11. The lowest BCUT2D eigenvalue weighted by Crippen LogP contribution is -2.41. The molecule has 43 heavy (non-hydrogen) atoms. The molecule has 1 aromatic carbocycles. The number of carbonyl (C=O) groups is 2. The van der Waals surface area contributed by atoms with Crippen molar-refractivity contribution in [1.29, 1.82) is 0 Å². The lowest BCUT2D eigenvalue weighted by atomic mass is 10.0. The second-order valence-corrected chi connectivity index (χ2v) is 13.6. The molecular weight excluding hydrogens is 598 g/mol. The molecule has 242 valence electrons. The number of rotatable bonds is 24. The first kappa shape index (κ1) is 37.6. The number of nitrogens with one attached hydrogen (secondary N) is 1. The number of thiazole rings is 1. The van der Waals surface area contributed by atoms with Gasteiger partial charge in [0.15, 0.2) is 10.0 Å². The number of amides is 1. The molecule has 1 aliphatic heterocycles. The number of hydrogen-bond donors (Lipinski definition) is 1. The first-order valence-corrected chi connectivity index (χ1v) is 18.3. The number of aromatic nitrogens is 1. The summed E-state index contributed by atoms with van der Waals surface area (Å²) in [4.78, 5) is 31.4. The van der Waals surface area contributed by atoms with Crippen molar-refractivity contribution < 1.29 is 14.3 Å². The number of nitrogens with zero attached hydrogens (tertiary/aromatic N) is 2. The van der Waals surface area contributed by atoms with Crippen LogP contribution in [0.25, 0.3) is 0 Å². The molecule has 1 amide bonds. The molecule has 3 rings (SSSR count). The zero-order chi connectivity index (χ0) is 29.7. The number of ether oxygens (including phenoxy) is 1. The highest BCUT2D eigenvalue weighted by atomic mass is 35.5. The third kappa shape index (κ3) is 15.8. The van der Waals surface area contributed by atoms with Crippen LogP contribution in [0.15, 0.2) is 40.1 Å². The molecule has 0 spiro atoms. The van der Waals surface area contributed by atoms with Crippen LogP contribution in [0, 0.1) is 0 Å². The number of likely N-dealkylation sites (tertiary alicyclic amines) is 1. The van der Waals surface area contributed by atoms with Crippen molar-refractivity contribution in [3.05, 3.63) is 47.0 Å². The maximum Gasteiger partial charge on any atom is 0.357 e. The lowest BCUT2D eigenvalue weighted by molar-refractivity contribution is -0.128. The zero-order valence-corrected chi connectivity index (χ0v) is 28.7. The number of esters is 1. The fourth-order valence-corrected chi connectivity index (χ4v) is 7.26. The highest BCUT2D eigenvalue weighted by Gasteiger charge is 2.30. The Morgan fingerprint density at radius 2 is 1.70 bits per heavy atom. The number of halogens is 1. The summed E-state index contributed by atoms with van der Waals surface area (Å²) in [7, 11) is 0. The summed E-state index contributed by atoms with van der Waals surface area (Å²) in [5, 5.41) is 5.35. The quantitative estimate of drug-likeness (QED) is 0.0695.